The molecule has 1 atom stereocenters. The molecule has 0 bridgehead atoms. The first-order valence-electron chi connectivity index (χ1n) is 15.7. The van der Waals surface area contributed by atoms with Crippen LogP contribution >= 0.6 is 0 Å². The lowest BCUT2D eigenvalue weighted by molar-refractivity contribution is 0.0612. The Bertz CT molecular complexity index is 1170. The highest BCUT2D eigenvalue weighted by atomic mass is 19.2. The second-order valence-corrected chi connectivity index (χ2v) is 11.0. The zero-order valence-corrected chi connectivity index (χ0v) is 26.8. The van der Waals surface area contributed by atoms with Crippen molar-refractivity contribution in [1.29, 1.82) is 0 Å². The van der Waals surface area contributed by atoms with Crippen molar-refractivity contribution >= 4 is 16.7 Å². The van der Waals surface area contributed by atoms with Gasteiger partial charge in [0.2, 0.25) is 0 Å². The number of aryl methyl sites for hydroxylation is 1. The number of H-pyrrole nitrogens is 1. The molecule has 1 aromatic heterocycles. The monoisotopic (exact) mass is 610 g/mol. The third-order valence-corrected chi connectivity index (χ3v) is 6.99. The molecule has 3 nitrogen and oxygen atoms in total. The van der Waals surface area contributed by atoms with Gasteiger partial charge in [-0.2, -0.15) is 0 Å². The number of nitrogens with zero attached hydrogens (tertiary/aromatic N) is 1. The average Bonchev–Trinajstić information content (AvgIpc) is 3.32. The highest BCUT2D eigenvalue weighted by molar-refractivity contribution is 5.98. The summed E-state index contributed by atoms with van der Waals surface area (Å²) in [7, 11) is 0. The van der Waals surface area contributed by atoms with Gasteiger partial charge in [0, 0.05) is 53.8 Å². The first kappa shape index (κ1) is 38.3. The second kappa shape index (κ2) is 21.0. The number of aromatic amines is 1. The number of carbonyl (C=O) groups is 1. The summed E-state index contributed by atoms with van der Waals surface area (Å²) >= 11 is 0. The molecule has 3 aromatic rings. The number of fused-ring (bicyclic) bond motifs is 1. The lowest BCUT2D eigenvalue weighted by atomic mass is 9.90. The summed E-state index contributed by atoms with van der Waals surface area (Å²) in [5.41, 5.74) is 4.38. The zero-order valence-electron chi connectivity index (χ0n) is 26.8. The van der Waals surface area contributed by atoms with Gasteiger partial charge in [0.25, 0.3) is 0 Å². The van der Waals surface area contributed by atoms with Crippen LogP contribution in [0.25, 0.3) is 10.9 Å². The van der Waals surface area contributed by atoms with Crippen LogP contribution in [0.5, 0.6) is 0 Å². The maximum absolute atomic E-state index is 13.0. The number of benzene rings is 2. The van der Waals surface area contributed by atoms with E-state index >= 15 is 0 Å². The quantitative estimate of drug-likeness (QED) is 0.164. The Morgan fingerprint density at radius 2 is 1.63 bits per heavy atom. The van der Waals surface area contributed by atoms with E-state index in [9.17, 15) is 26.7 Å². The van der Waals surface area contributed by atoms with Crippen molar-refractivity contribution in [2.24, 2.45) is 11.8 Å². The van der Waals surface area contributed by atoms with Gasteiger partial charge in [-0.15, -0.1) is 0 Å². The number of likely N-dealkylation sites (tertiary alicyclic amines) is 1. The number of unbranched alkanes of at least 4 members (excludes halogenated alkanes) is 1. The number of ketones is 1. The van der Waals surface area contributed by atoms with Crippen molar-refractivity contribution in [1.82, 2.24) is 9.88 Å². The molecule has 43 heavy (non-hydrogen) atoms. The molecule has 1 saturated heterocycles. The van der Waals surface area contributed by atoms with Crippen molar-refractivity contribution in [3.63, 3.8) is 0 Å². The molecule has 1 aliphatic rings. The number of hydrogen-bond donors (Lipinski definition) is 1. The minimum atomic E-state index is -1.23. The molecule has 4 rings (SSSR count). The molecule has 0 saturated carbocycles. The molecule has 8 heteroatoms. The number of nitrogens with one attached hydrogen (secondary N) is 1. The summed E-state index contributed by atoms with van der Waals surface area (Å²) in [4.78, 5) is 17.5. The molecule has 1 unspecified atom stereocenters. The molecule has 0 aliphatic carbocycles. The fraction of sp³-hybridized carbons (Fsp3) is 0.571. The van der Waals surface area contributed by atoms with Crippen molar-refractivity contribution in [3.8, 4) is 0 Å². The number of rotatable bonds is 12. The van der Waals surface area contributed by atoms with E-state index < -0.39 is 24.5 Å². The van der Waals surface area contributed by atoms with Crippen LogP contribution in [0.3, 0.4) is 0 Å². The van der Waals surface area contributed by atoms with Gasteiger partial charge in [-0.3, -0.25) is 9.18 Å². The molecule has 0 spiro atoms. The fourth-order valence-electron chi connectivity index (χ4n) is 4.71. The summed E-state index contributed by atoms with van der Waals surface area (Å²) in [5.74, 6) is -1.25. The number of Topliss-reactive ketones (excluding diaryl/α,β-unsaturated/α-hetero) is 1. The first-order valence-corrected chi connectivity index (χ1v) is 15.7. The first-order chi connectivity index (χ1) is 20.6. The number of halogens is 5. The van der Waals surface area contributed by atoms with E-state index in [4.69, 9.17) is 0 Å². The van der Waals surface area contributed by atoms with Gasteiger partial charge in [-0.05, 0) is 61.8 Å². The Kier molecular flexibility index (Phi) is 18.7. The van der Waals surface area contributed by atoms with E-state index in [1.807, 2.05) is 18.7 Å². The lowest BCUT2D eigenvalue weighted by Gasteiger charge is -2.38. The zero-order chi connectivity index (χ0) is 32.4. The Balaban J connectivity index is 0.000000347. The molecule has 1 aliphatic heterocycles. The minimum absolute atomic E-state index is 0.0719. The maximum atomic E-state index is 13.0. The van der Waals surface area contributed by atoms with Gasteiger partial charge in [0.1, 0.15) is 24.5 Å². The summed E-state index contributed by atoms with van der Waals surface area (Å²) in [6.45, 7) is 13.0. The Labute approximate surface area is 255 Å². The number of alkyl halides is 3. The molecule has 0 amide bonds. The van der Waals surface area contributed by atoms with Crippen LogP contribution in [-0.2, 0) is 12.8 Å². The highest BCUT2D eigenvalue weighted by Crippen LogP contribution is 2.26. The Morgan fingerprint density at radius 1 is 1.00 bits per heavy atom. The van der Waals surface area contributed by atoms with Crippen LogP contribution in [0, 0.1) is 23.5 Å². The van der Waals surface area contributed by atoms with Crippen molar-refractivity contribution in [2.75, 3.05) is 33.0 Å². The third-order valence-electron chi connectivity index (χ3n) is 6.99. The van der Waals surface area contributed by atoms with Crippen LogP contribution in [-0.4, -0.2) is 54.8 Å². The summed E-state index contributed by atoms with van der Waals surface area (Å²) < 4.78 is 60.4. The summed E-state index contributed by atoms with van der Waals surface area (Å²) in [5, 5.41) is 1.42. The van der Waals surface area contributed by atoms with E-state index in [2.05, 4.69) is 50.0 Å². The van der Waals surface area contributed by atoms with Gasteiger partial charge in [-0.25, -0.2) is 17.6 Å². The third kappa shape index (κ3) is 13.2. The van der Waals surface area contributed by atoms with E-state index in [1.54, 1.807) is 12.5 Å². The van der Waals surface area contributed by atoms with Gasteiger partial charge < -0.3 is 9.88 Å². The van der Waals surface area contributed by atoms with Gasteiger partial charge in [0.15, 0.2) is 5.78 Å². The minimum Gasteiger partial charge on any atom is -0.358 e. The van der Waals surface area contributed by atoms with Crippen LogP contribution in [0.1, 0.15) is 88.8 Å². The number of carbonyl (C=O) groups excluding carboxylic acids is 1. The Morgan fingerprint density at radius 3 is 2.14 bits per heavy atom. The summed E-state index contributed by atoms with van der Waals surface area (Å²) in [6.07, 6.45) is 4.42. The largest absolute Gasteiger partial charge is 0.358 e. The van der Waals surface area contributed by atoms with E-state index in [-0.39, 0.29) is 30.4 Å². The van der Waals surface area contributed by atoms with Gasteiger partial charge in [0.05, 0.1) is 6.67 Å². The fourth-order valence-corrected chi connectivity index (χ4v) is 4.71. The predicted octanol–water partition coefficient (Wildman–Crippen LogP) is 9.88. The Hall–Kier alpha value is -2.74. The van der Waals surface area contributed by atoms with Crippen LogP contribution in [0.2, 0.25) is 0 Å². The average molecular weight is 611 g/mol. The van der Waals surface area contributed by atoms with E-state index in [0.29, 0.717) is 26.1 Å². The molecule has 1 fully saturated rings. The molecule has 2 heterocycles. The number of aromatic nitrogens is 1. The van der Waals surface area contributed by atoms with Crippen LogP contribution in [0.15, 0.2) is 42.5 Å². The SMILES string of the molecule is CC.CCC(F)CF.CCCCc1[nH]c2ccccc2c1CC(C)C.O=C(c1cc(F)cc(F)c1)C1CN(CCCF)C1. The van der Waals surface area contributed by atoms with Gasteiger partial charge >= 0.3 is 0 Å². The second-order valence-electron chi connectivity index (χ2n) is 11.0. The molecule has 1 N–H and O–H groups in total. The standard InChI is InChI=1S/C16H23N.C13H14F3NO.C4H8F2.C2H6/c1-4-5-9-16-14(11-12(2)3)13-8-6-7-10-15(13)17-16;14-2-1-3-17-7-10(8-17)13(18)9-4-11(15)6-12(16)5-9;1-2-4(6)3-5;1-2/h6-8,10,12,17H,4-5,9,11H2,1-3H3;4-6,10H,1-3,7-8H2;4H,2-3H2,1H3;1-2H3. The molecular weight excluding hydrogens is 559 g/mol. The molecule has 0 radical (unpaired) electrons. The van der Waals surface area contributed by atoms with E-state index in [0.717, 1.165) is 24.1 Å². The predicted molar refractivity (Wildman–Crippen MR) is 169 cm³/mol. The highest BCUT2D eigenvalue weighted by Gasteiger charge is 2.32. The number of para-hydroxylation sites is 1. The maximum Gasteiger partial charge on any atom is 0.168 e. The van der Waals surface area contributed by atoms with Crippen molar-refractivity contribution < 1.29 is 26.7 Å². The van der Waals surface area contributed by atoms with Crippen LogP contribution < -0.4 is 0 Å². The van der Waals surface area contributed by atoms with Gasteiger partial charge in [-0.1, -0.05) is 66.2 Å². The molecule has 2 aromatic carbocycles. The lowest BCUT2D eigenvalue weighted by Crippen LogP contribution is -2.50. The van der Waals surface area contributed by atoms with Crippen molar-refractivity contribution in [3.05, 3.63) is 70.9 Å². The van der Waals surface area contributed by atoms with Crippen LogP contribution in [0.4, 0.5) is 22.0 Å². The smallest absolute Gasteiger partial charge is 0.168 e. The number of hydrogen-bond acceptors (Lipinski definition) is 2. The molecular formula is C35H51F5N2O. The topological polar surface area (TPSA) is 36.1 Å². The van der Waals surface area contributed by atoms with Crippen molar-refractivity contribution in [2.45, 2.75) is 86.2 Å². The summed E-state index contributed by atoms with van der Waals surface area (Å²) in [6, 6.07) is 11.5. The molecule has 242 valence electrons. The normalized spacial score (nSPS) is 13.7. The van der Waals surface area contributed by atoms with E-state index in [1.165, 1.54) is 42.3 Å².